The van der Waals surface area contributed by atoms with Crippen molar-refractivity contribution in [3.63, 3.8) is 0 Å². The standard InChI is InChI=1S/C10H20N2O/c1-3-8(4-2)7-11-10(13)12-9-5-6-9/h8-9H,3-7H2,1-2H3,(H2,11,12,13). The van der Waals surface area contributed by atoms with Crippen molar-refractivity contribution in [2.75, 3.05) is 6.54 Å². The highest BCUT2D eigenvalue weighted by atomic mass is 16.2. The summed E-state index contributed by atoms with van der Waals surface area (Å²) in [4.78, 5) is 11.2. The maximum atomic E-state index is 11.2. The number of nitrogens with one attached hydrogen (secondary N) is 2. The summed E-state index contributed by atoms with van der Waals surface area (Å²) in [7, 11) is 0. The number of urea groups is 1. The third-order valence-corrected chi connectivity index (χ3v) is 2.62. The van der Waals surface area contributed by atoms with Gasteiger partial charge in [-0.05, 0) is 18.8 Å². The van der Waals surface area contributed by atoms with Gasteiger partial charge in [-0.15, -0.1) is 0 Å². The molecule has 1 fully saturated rings. The molecule has 2 amide bonds. The Morgan fingerprint density at radius 1 is 1.38 bits per heavy atom. The second kappa shape index (κ2) is 5.10. The fraction of sp³-hybridized carbons (Fsp3) is 0.900. The first kappa shape index (κ1) is 10.4. The van der Waals surface area contributed by atoms with Crippen LogP contribution in [-0.2, 0) is 0 Å². The zero-order chi connectivity index (χ0) is 9.68. The van der Waals surface area contributed by atoms with Crippen LogP contribution in [0, 0.1) is 5.92 Å². The van der Waals surface area contributed by atoms with E-state index >= 15 is 0 Å². The van der Waals surface area contributed by atoms with E-state index in [9.17, 15) is 4.79 Å². The quantitative estimate of drug-likeness (QED) is 0.673. The number of carbonyl (C=O) groups excluding carboxylic acids is 1. The lowest BCUT2D eigenvalue weighted by molar-refractivity contribution is 0.238. The van der Waals surface area contributed by atoms with Crippen molar-refractivity contribution >= 4 is 6.03 Å². The Kier molecular flexibility index (Phi) is 4.06. The third kappa shape index (κ3) is 4.15. The summed E-state index contributed by atoms with van der Waals surface area (Å²) < 4.78 is 0. The summed E-state index contributed by atoms with van der Waals surface area (Å²) in [5.41, 5.74) is 0. The fourth-order valence-electron chi connectivity index (χ4n) is 1.28. The van der Waals surface area contributed by atoms with E-state index < -0.39 is 0 Å². The van der Waals surface area contributed by atoms with Crippen molar-refractivity contribution in [2.24, 2.45) is 5.92 Å². The summed E-state index contributed by atoms with van der Waals surface area (Å²) in [5, 5.41) is 5.81. The van der Waals surface area contributed by atoms with Crippen molar-refractivity contribution in [1.29, 1.82) is 0 Å². The third-order valence-electron chi connectivity index (χ3n) is 2.62. The molecule has 0 unspecified atom stereocenters. The minimum absolute atomic E-state index is 0.00870. The monoisotopic (exact) mass is 184 g/mol. The molecular formula is C10H20N2O. The Balaban J connectivity index is 2.05. The largest absolute Gasteiger partial charge is 0.338 e. The first-order chi connectivity index (χ1) is 6.26. The molecule has 0 aromatic carbocycles. The van der Waals surface area contributed by atoms with Crippen molar-refractivity contribution in [1.82, 2.24) is 10.6 Å². The molecule has 76 valence electrons. The molecule has 1 aliphatic carbocycles. The molecule has 0 spiro atoms. The molecule has 0 aromatic heterocycles. The first-order valence-electron chi connectivity index (χ1n) is 5.30. The fourth-order valence-corrected chi connectivity index (χ4v) is 1.28. The molecule has 1 rings (SSSR count). The second-order valence-electron chi connectivity index (χ2n) is 3.81. The van der Waals surface area contributed by atoms with Gasteiger partial charge in [0.15, 0.2) is 0 Å². The lowest BCUT2D eigenvalue weighted by Crippen LogP contribution is -2.39. The van der Waals surface area contributed by atoms with E-state index in [1.54, 1.807) is 0 Å². The number of rotatable bonds is 5. The molecule has 0 aliphatic heterocycles. The van der Waals surface area contributed by atoms with Gasteiger partial charge in [-0.1, -0.05) is 26.7 Å². The Morgan fingerprint density at radius 2 is 2.00 bits per heavy atom. The van der Waals surface area contributed by atoms with Crippen LogP contribution in [0.15, 0.2) is 0 Å². The van der Waals surface area contributed by atoms with Crippen LogP contribution < -0.4 is 10.6 Å². The Morgan fingerprint density at radius 3 is 2.46 bits per heavy atom. The van der Waals surface area contributed by atoms with Crippen LogP contribution in [0.2, 0.25) is 0 Å². The van der Waals surface area contributed by atoms with Gasteiger partial charge in [0, 0.05) is 12.6 Å². The van der Waals surface area contributed by atoms with Crippen molar-refractivity contribution in [3.8, 4) is 0 Å². The first-order valence-corrected chi connectivity index (χ1v) is 5.30. The van der Waals surface area contributed by atoms with Gasteiger partial charge < -0.3 is 10.6 Å². The van der Waals surface area contributed by atoms with Gasteiger partial charge in [0.2, 0.25) is 0 Å². The minimum Gasteiger partial charge on any atom is -0.338 e. The van der Waals surface area contributed by atoms with Gasteiger partial charge in [-0.3, -0.25) is 0 Å². The van der Waals surface area contributed by atoms with E-state index in [4.69, 9.17) is 0 Å². The van der Waals surface area contributed by atoms with Gasteiger partial charge >= 0.3 is 6.03 Å². The van der Waals surface area contributed by atoms with Gasteiger partial charge in [0.1, 0.15) is 0 Å². The summed E-state index contributed by atoms with van der Waals surface area (Å²) in [6.07, 6.45) is 4.58. The van der Waals surface area contributed by atoms with Crippen LogP contribution in [0.25, 0.3) is 0 Å². The Hall–Kier alpha value is -0.730. The number of carbonyl (C=O) groups is 1. The molecule has 2 N–H and O–H groups in total. The van der Waals surface area contributed by atoms with Gasteiger partial charge in [-0.2, -0.15) is 0 Å². The molecule has 0 heterocycles. The molecule has 0 radical (unpaired) electrons. The molecule has 13 heavy (non-hydrogen) atoms. The number of hydrogen-bond acceptors (Lipinski definition) is 1. The van der Waals surface area contributed by atoms with E-state index in [0.717, 1.165) is 32.2 Å². The van der Waals surface area contributed by atoms with E-state index in [0.29, 0.717) is 12.0 Å². The van der Waals surface area contributed by atoms with Crippen molar-refractivity contribution in [2.45, 2.75) is 45.6 Å². The van der Waals surface area contributed by atoms with E-state index in [1.165, 1.54) is 0 Å². The van der Waals surface area contributed by atoms with Crippen LogP contribution in [0.1, 0.15) is 39.5 Å². The topological polar surface area (TPSA) is 41.1 Å². The Labute approximate surface area is 80.3 Å². The lowest BCUT2D eigenvalue weighted by Gasteiger charge is -2.13. The van der Waals surface area contributed by atoms with Crippen LogP contribution in [0.5, 0.6) is 0 Å². The Bertz CT molecular complexity index is 162. The molecule has 3 nitrogen and oxygen atoms in total. The van der Waals surface area contributed by atoms with Crippen LogP contribution in [-0.4, -0.2) is 18.6 Å². The van der Waals surface area contributed by atoms with Gasteiger partial charge in [0.25, 0.3) is 0 Å². The van der Waals surface area contributed by atoms with Crippen molar-refractivity contribution in [3.05, 3.63) is 0 Å². The molecule has 0 saturated heterocycles. The minimum atomic E-state index is 0.00870. The molecular weight excluding hydrogens is 164 g/mol. The highest BCUT2D eigenvalue weighted by Crippen LogP contribution is 2.18. The number of hydrogen-bond donors (Lipinski definition) is 2. The highest BCUT2D eigenvalue weighted by Gasteiger charge is 2.23. The molecule has 3 heteroatoms. The van der Waals surface area contributed by atoms with E-state index in [2.05, 4.69) is 24.5 Å². The van der Waals surface area contributed by atoms with Crippen molar-refractivity contribution < 1.29 is 4.79 Å². The average molecular weight is 184 g/mol. The summed E-state index contributed by atoms with van der Waals surface area (Å²) >= 11 is 0. The molecule has 0 aromatic rings. The summed E-state index contributed by atoms with van der Waals surface area (Å²) in [5.74, 6) is 0.630. The smallest absolute Gasteiger partial charge is 0.315 e. The number of amides is 2. The lowest BCUT2D eigenvalue weighted by atomic mass is 10.0. The SMILES string of the molecule is CCC(CC)CNC(=O)NC1CC1. The van der Waals surface area contributed by atoms with Gasteiger partial charge in [-0.25, -0.2) is 4.79 Å². The normalized spacial score (nSPS) is 15.9. The zero-order valence-corrected chi connectivity index (χ0v) is 8.60. The summed E-state index contributed by atoms with van der Waals surface area (Å²) in [6.45, 7) is 5.13. The molecule has 0 atom stereocenters. The van der Waals surface area contributed by atoms with Crippen LogP contribution >= 0.6 is 0 Å². The van der Waals surface area contributed by atoms with Crippen LogP contribution in [0.4, 0.5) is 4.79 Å². The zero-order valence-electron chi connectivity index (χ0n) is 8.60. The average Bonchev–Trinajstić information content (AvgIpc) is 2.90. The van der Waals surface area contributed by atoms with Gasteiger partial charge in [0.05, 0.1) is 0 Å². The highest BCUT2D eigenvalue weighted by molar-refractivity contribution is 5.74. The maximum absolute atomic E-state index is 11.2. The van der Waals surface area contributed by atoms with Crippen LogP contribution in [0.3, 0.4) is 0 Å². The molecule has 0 bridgehead atoms. The second-order valence-corrected chi connectivity index (χ2v) is 3.81. The van der Waals surface area contributed by atoms with E-state index in [1.807, 2.05) is 0 Å². The molecule has 1 saturated carbocycles. The van der Waals surface area contributed by atoms with E-state index in [-0.39, 0.29) is 6.03 Å². The molecule has 1 aliphatic rings. The predicted molar refractivity (Wildman–Crippen MR) is 53.6 cm³/mol. The summed E-state index contributed by atoms with van der Waals surface area (Å²) in [6, 6.07) is 0.469. The predicted octanol–water partition coefficient (Wildman–Crippen LogP) is 1.88. The maximum Gasteiger partial charge on any atom is 0.315 e.